The van der Waals surface area contributed by atoms with Gasteiger partial charge in [0, 0.05) is 16.3 Å². The Hall–Kier alpha value is -2.99. The Labute approximate surface area is 162 Å². The molecule has 138 valence electrons. The monoisotopic (exact) mass is 380 g/mol. The second-order valence-corrected chi connectivity index (χ2v) is 7.16. The van der Waals surface area contributed by atoms with Crippen LogP contribution >= 0.6 is 11.8 Å². The molecule has 27 heavy (non-hydrogen) atoms. The van der Waals surface area contributed by atoms with Crippen LogP contribution in [0.2, 0.25) is 0 Å². The van der Waals surface area contributed by atoms with Gasteiger partial charge in [-0.15, -0.1) is 11.8 Å². The Bertz CT molecular complexity index is 935. The van der Waals surface area contributed by atoms with Gasteiger partial charge in [-0.1, -0.05) is 12.1 Å². The number of rotatable bonds is 6. The lowest BCUT2D eigenvalue weighted by molar-refractivity contribution is -0.113. The predicted molar refractivity (Wildman–Crippen MR) is 108 cm³/mol. The van der Waals surface area contributed by atoms with Crippen molar-refractivity contribution in [3.8, 4) is 0 Å². The topological polar surface area (TPSA) is 71.3 Å². The van der Waals surface area contributed by atoms with E-state index >= 15 is 0 Å². The van der Waals surface area contributed by atoms with Crippen molar-refractivity contribution in [2.45, 2.75) is 18.7 Å². The lowest BCUT2D eigenvalue weighted by Crippen LogP contribution is -2.15. The SMILES string of the molecule is Cc1ccc(C)c(NC(=O)CSc2ccc(NC(=O)c3ccco3)cc2)c1. The lowest BCUT2D eigenvalue weighted by Gasteiger charge is -2.09. The molecule has 0 spiro atoms. The average molecular weight is 380 g/mol. The lowest BCUT2D eigenvalue weighted by atomic mass is 10.1. The first kappa shape index (κ1) is 18.8. The summed E-state index contributed by atoms with van der Waals surface area (Å²) in [6, 6.07) is 16.6. The summed E-state index contributed by atoms with van der Waals surface area (Å²) >= 11 is 1.44. The second-order valence-electron chi connectivity index (χ2n) is 6.11. The third-order valence-corrected chi connectivity index (χ3v) is 4.91. The quantitative estimate of drug-likeness (QED) is 0.598. The highest BCUT2D eigenvalue weighted by atomic mass is 32.2. The molecule has 6 heteroatoms. The molecule has 1 heterocycles. The van der Waals surface area contributed by atoms with Crippen LogP contribution in [0.1, 0.15) is 21.7 Å². The van der Waals surface area contributed by atoms with Gasteiger partial charge in [0.1, 0.15) is 0 Å². The van der Waals surface area contributed by atoms with Gasteiger partial charge in [-0.05, 0) is 67.4 Å². The fourth-order valence-electron chi connectivity index (χ4n) is 2.44. The molecule has 3 aromatic rings. The smallest absolute Gasteiger partial charge is 0.291 e. The summed E-state index contributed by atoms with van der Waals surface area (Å²) in [7, 11) is 0. The van der Waals surface area contributed by atoms with Gasteiger partial charge in [-0.2, -0.15) is 0 Å². The van der Waals surface area contributed by atoms with Crippen LogP contribution in [0.25, 0.3) is 0 Å². The summed E-state index contributed by atoms with van der Waals surface area (Å²) < 4.78 is 5.06. The molecule has 0 aliphatic heterocycles. The summed E-state index contributed by atoms with van der Waals surface area (Å²) in [5, 5.41) is 5.71. The molecule has 2 aromatic carbocycles. The first-order valence-electron chi connectivity index (χ1n) is 8.46. The van der Waals surface area contributed by atoms with E-state index in [4.69, 9.17) is 4.42 Å². The third-order valence-electron chi connectivity index (χ3n) is 3.89. The molecular weight excluding hydrogens is 360 g/mol. The Balaban J connectivity index is 1.51. The standard InChI is InChI=1S/C21H20N2O3S/c1-14-5-6-15(2)18(12-14)23-20(24)13-27-17-9-7-16(8-10-17)22-21(25)19-4-3-11-26-19/h3-12H,13H2,1-2H3,(H,22,25)(H,23,24). The molecule has 2 amide bonds. The van der Waals surface area contributed by atoms with E-state index in [2.05, 4.69) is 10.6 Å². The van der Waals surface area contributed by atoms with Crippen molar-refractivity contribution >= 4 is 35.0 Å². The largest absolute Gasteiger partial charge is 0.459 e. The van der Waals surface area contributed by atoms with Crippen LogP contribution in [-0.4, -0.2) is 17.6 Å². The van der Waals surface area contributed by atoms with E-state index in [0.29, 0.717) is 11.4 Å². The van der Waals surface area contributed by atoms with Gasteiger partial charge >= 0.3 is 0 Å². The van der Waals surface area contributed by atoms with Crippen LogP contribution in [0.5, 0.6) is 0 Å². The van der Waals surface area contributed by atoms with E-state index in [0.717, 1.165) is 21.7 Å². The first-order chi connectivity index (χ1) is 13.0. The van der Waals surface area contributed by atoms with Crippen LogP contribution in [0.15, 0.2) is 70.2 Å². The fourth-order valence-corrected chi connectivity index (χ4v) is 3.14. The maximum Gasteiger partial charge on any atom is 0.291 e. The van der Waals surface area contributed by atoms with Gasteiger partial charge < -0.3 is 15.1 Å². The summed E-state index contributed by atoms with van der Waals surface area (Å²) in [5.74, 6) is 0.222. The highest BCUT2D eigenvalue weighted by Crippen LogP contribution is 2.22. The normalized spacial score (nSPS) is 10.4. The van der Waals surface area contributed by atoms with E-state index in [-0.39, 0.29) is 17.6 Å². The minimum absolute atomic E-state index is 0.0519. The van der Waals surface area contributed by atoms with Crippen LogP contribution in [0, 0.1) is 13.8 Å². The average Bonchev–Trinajstić information content (AvgIpc) is 3.19. The molecule has 0 fully saturated rings. The number of hydrogen-bond acceptors (Lipinski definition) is 4. The molecule has 2 N–H and O–H groups in total. The second kappa shape index (κ2) is 8.60. The zero-order valence-electron chi connectivity index (χ0n) is 15.1. The number of thioether (sulfide) groups is 1. The maximum atomic E-state index is 12.2. The van der Waals surface area contributed by atoms with Gasteiger partial charge in [0.05, 0.1) is 12.0 Å². The minimum Gasteiger partial charge on any atom is -0.459 e. The molecule has 0 aliphatic carbocycles. The van der Waals surface area contributed by atoms with E-state index in [1.807, 2.05) is 44.2 Å². The van der Waals surface area contributed by atoms with E-state index in [1.165, 1.54) is 18.0 Å². The van der Waals surface area contributed by atoms with E-state index in [9.17, 15) is 9.59 Å². The summed E-state index contributed by atoms with van der Waals surface area (Å²) in [6.07, 6.45) is 1.46. The van der Waals surface area contributed by atoms with Crippen molar-refractivity contribution in [3.05, 3.63) is 77.7 Å². The molecule has 0 atom stereocenters. The zero-order chi connectivity index (χ0) is 19.2. The molecule has 3 rings (SSSR count). The number of nitrogens with one attached hydrogen (secondary N) is 2. The number of benzene rings is 2. The number of anilines is 2. The van der Waals surface area contributed by atoms with E-state index in [1.54, 1.807) is 24.3 Å². The first-order valence-corrected chi connectivity index (χ1v) is 9.44. The molecule has 0 aliphatic rings. The van der Waals surface area contributed by atoms with Gasteiger partial charge in [0.25, 0.3) is 5.91 Å². The summed E-state index contributed by atoms with van der Waals surface area (Å²) in [4.78, 5) is 25.1. The molecule has 0 radical (unpaired) electrons. The van der Waals surface area contributed by atoms with Crippen molar-refractivity contribution in [2.75, 3.05) is 16.4 Å². The molecule has 0 bridgehead atoms. The minimum atomic E-state index is -0.298. The molecule has 0 saturated heterocycles. The van der Waals surface area contributed by atoms with E-state index < -0.39 is 0 Å². The zero-order valence-corrected chi connectivity index (χ0v) is 15.9. The maximum absolute atomic E-state index is 12.2. The third kappa shape index (κ3) is 5.24. The Kier molecular flexibility index (Phi) is 5.98. The summed E-state index contributed by atoms with van der Waals surface area (Å²) in [6.45, 7) is 3.97. The molecule has 0 saturated carbocycles. The predicted octanol–water partition coefficient (Wildman–Crippen LogP) is 4.88. The van der Waals surface area contributed by atoms with Gasteiger partial charge in [0.2, 0.25) is 5.91 Å². The fraction of sp³-hybridized carbons (Fsp3) is 0.143. The van der Waals surface area contributed by atoms with Gasteiger partial charge in [-0.3, -0.25) is 9.59 Å². The molecular formula is C21H20N2O3S. The molecule has 1 aromatic heterocycles. The summed E-state index contributed by atoms with van der Waals surface area (Å²) in [5.41, 5.74) is 3.66. The van der Waals surface area contributed by atoms with Crippen molar-refractivity contribution in [1.82, 2.24) is 0 Å². The molecule has 0 unspecified atom stereocenters. The van der Waals surface area contributed by atoms with Gasteiger partial charge in [-0.25, -0.2) is 0 Å². The Morgan fingerprint density at radius 3 is 2.48 bits per heavy atom. The van der Waals surface area contributed by atoms with Crippen LogP contribution in [0.4, 0.5) is 11.4 Å². The Morgan fingerprint density at radius 2 is 1.78 bits per heavy atom. The molecule has 5 nitrogen and oxygen atoms in total. The van der Waals surface area contributed by atoms with Crippen molar-refractivity contribution in [1.29, 1.82) is 0 Å². The number of carbonyl (C=O) groups is 2. The highest BCUT2D eigenvalue weighted by molar-refractivity contribution is 8.00. The number of amides is 2. The van der Waals surface area contributed by atoms with Crippen LogP contribution in [0.3, 0.4) is 0 Å². The highest BCUT2D eigenvalue weighted by Gasteiger charge is 2.09. The number of furan rings is 1. The number of carbonyl (C=O) groups excluding carboxylic acids is 2. The van der Waals surface area contributed by atoms with Crippen molar-refractivity contribution < 1.29 is 14.0 Å². The number of hydrogen-bond donors (Lipinski definition) is 2. The van der Waals surface area contributed by atoms with Gasteiger partial charge in [0.15, 0.2) is 5.76 Å². The van der Waals surface area contributed by atoms with Crippen molar-refractivity contribution in [3.63, 3.8) is 0 Å². The van der Waals surface area contributed by atoms with Crippen molar-refractivity contribution in [2.24, 2.45) is 0 Å². The Morgan fingerprint density at radius 1 is 1.00 bits per heavy atom. The number of aryl methyl sites for hydroxylation is 2. The van der Waals surface area contributed by atoms with Crippen LogP contribution < -0.4 is 10.6 Å². The van der Waals surface area contributed by atoms with Crippen LogP contribution in [-0.2, 0) is 4.79 Å².